The van der Waals surface area contributed by atoms with Gasteiger partial charge in [-0.1, -0.05) is 12.1 Å². The highest BCUT2D eigenvalue weighted by Crippen LogP contribution is 2.14. The largest absolute Gasteiger partial charge is 0.328 e. The highest BCUT2D eigenvalue weighted by molar-refractivity contribution is 9.10. The molecule has 0 radical (unpaired) electrons. The predicted octanol–water partition coefficient (Wildman–Crippen LogP) is 1.25. The lowest BCUT2D eigenvalue weighted by atomic mass is 10.1. The van der Waals surface area contributed by atoms with Crippen molar-refractivity contribution in [2.75, 3.05) is 0 Å². The van der Waals surface area contributed by atoms with E-state index in [-0.39, 0.29) is 6.04 Å². The number of hydrogen-bond acceptors (Lipinski definition) is 3. The van der Waals surface area contributed by atoms with Gasteiger partial charge >= 0.3 is 0 Å². The molecule has 4 nitrogen and oxygen atoms in total. The van der Waals surface area contributed by atoms with Crippen LogP contribution in [0, 0.1) is 0 Å². The van der Waals surface area contributed by atoms with E-state index in [0.717, 1.165) is 29.6 Å². The number of hydrogen-bond donors (Lipinski definition) is 1. The Morgan fingerprint density at radius 3 is 2.77 bits per heavy atom. The second kappa shape index (κ2) is 4.72. The van der Waals surface area contributed by atoms with Crippen LogP contribution in [-0.4, -0.2) is 21.0 Å². The van der Waals surface area contributed by atoms with Crippen LogP contribution in [-0.2, 0) is 13.5 Å². The van der Waals surface area contributed by atoms with E-state index in [4.69, 9.17) is 5.73 Å². The van der Waals surface area contributed by atoms with E-state index in [0.29, 0.717) is 0 Å². The minimum Gasteiger partial charge on any atom is -0.328 e. The Morgan fingerprint density at radius 1 is 1.62 bits per heavy atom. The van der Waals surface area contributed by atoms with Gasteiger partial charge in [0.2, 0.25) is 0 Å². The molecule has 0 saturated carbocycles. The van der Waals surface area contributed by atoms with E-state index >= 15 is 0 Å². The molecular weight excluding hydrogens is 232 g/mol. The summed E-state index contributed by atoms with van der Waals surface area (Å²) in [4.78, 5) is 0. The number of aryl methyl sites for hydroxylation is 1. The SMILES string of the molecule is CCC(N)CCc1c(Br)nnn1C. The van der Waals surface area contributed by atoms with Gasteiger partial charge in [-0.25, -0.2) is 0 Å². The molecule has 0 aliphatic heterocycles. The third kappa shape index (κ3) is 2.77. The highest BCUT2D eigenvalue weighted by Gasteiger charge is 2.08. The Bertz CT molecular complexity index is 252. The summed E-state index contributed by atoms with van der Waals surface area (Å²) in [6.07, 6.45) is 2.93. The van der Waals surface area contributed by atoms with E-state index in [1.165, 1.54) is 0 Å². The summed E-state index contributed by atoms with van der Waals surface area (Å²) in [6.45, 7) is 2.10. The van der Waals surface area contributed by atoms with E-state index in [2.05, 4.69) is 33.2 Å². The summed E-state index contributed by atoms with van der Waals surface area (Å²) in [7, 11) is 1.89. The number of halogens is 1. The number of aromatic nitrogens is 3. The van der Waals surface area contributed by atoms with E-state index in [1.807, 2.05) is 7.05 Å². The first-order valence-electron chi connectivity index (χ1n) is 4.44. The second-order valence-electron chi connectivity index (χ2n) is 3.16. The van der Waals surface area contributed by atoms with Crippen LogP contribution in [0.3, 0.4) is 0 Å². The summed E-state index contributed by atoms with van der Waals surface area (Å²) in [5.74, 6) is 0. The quantitative estimate of drug-likeness (QED) is 0.871. The molecule has 0 bridgehead atoms. The lowest BCUT2D eigenvalue weighted by Crippen LogP contribution is -2.19. The summed E-state index contributed by atoms with van der Waals surface area (Å²) in [5, 5.41) is 7.81. The van der Waals surface area contributed by atoms with Gasteiger partial charge in [0.25, 0.3) is 0 Å². The second-order valence-corrected chi connectivity index (χ2v) is 3.91. The molecule has 0 aromatic carbocycles. The fourth-order valence-electron chi connectivity index (χ4n) is 1.14. The van der Waals surface area contributed by atoms with Gasteiger partial charge in [-0.15, -0.1) is 5.10 Å². The van der Waals surface area contributed by atoms with Crippen molar-refractivity contribution in [2.45, 2.75) is 32.2 Å². The Kier molecular flexibility index (Phi) is 3.87. The summed E-state index contributed by atoms with van der Waals surface area (Å²) in [6, 6.07) is 0.279. The number of nitrogens with two attached hydrogens (primary N) is 1. The first kappa shape index (κ1) is 10.7. The molecule has 0 amide bonds. The fraction of sp³-hybridized carbons (Fsp3) is 0.750. The molecule has 1 unspecified atom stereocenters. The molecule has 0 saturated heterocycles. The molecule has 1 rings (SSSR count). The van der Waals surface area contributed by atoms with Crippen LogP contribution in [0.4, 0.5) is 0 Å². The molecule has 0 aliphatic rings. The molecule has 1 aromatic rings. The summed E-state index contributed by atoms with van der Waals surface area (Å²) in [5.41, 5.74) is 6.94. The highest BCUT2D eigenvalue weighted by atomic mass is 79.9. The van der Waals surface area contributed by atoms with Crippen LogP contribution in [0.1, 0.15) is 25.5 Å². The van der Waals surface area contributed by atoms with Crippen LogP contribution in [0.15, 0.2) is 4.60 Å². The van der Waals surface area contributed by atoms with E-state index in [1.54, 1.807) is 4.68 Å². The van der Waals surface area contributed by atoms with Crippen molar-refractivity contribution < 1.29 is 0 Å². The third-order valence-electron chi connectivity index (χ3n) is 2.17. The topological polar surface area (TPSA) is 56.7 Å². The van der Waals surface area contributed by atoms with Crippen molar-refractivity contribution in [3.8, 4) is 0 Å². The van der Waals surface area contributed by atoms with Crippen molar-refractivity contribution >= 4 is 15.9 Å². The third-order valence-corrected chi connectivity index (χ3v) is 2.79. The molecule has 1 heterocycles. The Hall–Kier alpha value is -0.420. The molecule has 1 aromatic heterocycles. The zero-order valence-corrected chi connectivity index (χ0v) is 9.58. The van der Waals surface area contributed by atoms with Crippen LogP contribution < -0.4 is 5.73 Å². The molecular formula is C8H15BrN4. The lowest BCUT2D eigenvalue weighted by molar-refractivity contribution is 0.572. The molecule has 2 N–H and O–H groups in total. The summed E-state index contributed by atoms with van der Waals surface area (Å²) >= 11 is 3.35. The van der Waals surface area contributed by atoms with Crippen LogP contribution >= 0.6 is 15.9 Å². The van der Waals surface area contributed by atoms with Crippen molar-refractivity contribution in [3.05, 3.63) is 10.3 Å². The molecule has 74 valence electrons. The smallest absolute Gasteiger partial charge is 0.151 e. The maximum atomic E-state index is 5.82. The Labute approximate surface area is 86.6 Å². The van der Waals surface area contributed by atoms with Crippen molar-refractivity contribution in [2.24, 2.45) is 12.8 Å². The van der Waals surface area contributed by atoms with Gasteiger partial charge in [-0.2, -0.15) is 0 Å². The van der Waals surface area contributed by atoms with Gasteiger partial charge in [-0.3, -0.25) is 4.68 Å². The van der Waals surface area contributed by atoms with Gasteiger partial charge in [0.15, 0.2) is 4.60 Å². The van der Waals surface area contributed by atoms with Gasteiger partial charge in [0.05, 0.1) is 5.69 Å². The average molecular weight is 247 g/mol. The molecule has 0 fully saturated rings. The molecule has 0 aliphatic carbocycles. The van der Waals surface area contributed by atoms with Gasteiger partial charge in [-0.05, 0) is 35.2 Å². The summed E-state index contributed by atoms with van der Waals surface area (Å²) < 4.78 is 2.62. The zero-order chi connectivity index (χ0) is 9.84. The van der Waals surface area contributed by atoms with Crippen LogP contribution in [0.25, 0.3) is 0 Å². The van der Waals surface area contributed by atoms with Crippen LogP contribution in [0.2, 0.25) is 0 Å². The first-order chi connectivity index (χ1) is 6.15. The number of rotatable bonds is 4. The normalized spacial score (nSPS) is 13.2. The molecule has 5 heteroatoms. The van der Waals surface area contributed by atoms with Crippen molar-refractivity contribution in [1.82, 2.24) is 15.0 Å². The zero-order valence-electron chi connectivity index (χ0n) is 8.00. The maximum absolute atomic E-state index is 5.82. The van der Waals surface area contributed by atoms with E-state index in [9.17, 15) is 0 Å². The molecule has 1 atom stereocenters. The predicted molar refractivity (Wildman–Crippen MR) is 55.3 cm³/mol. The van der Waals surface area contributed by atoms with Gasteiger partial charge in [0.1, 0.15) is 0 Å². The maximum Gasteiger partial charge on any atom is 0.151 e. The fourth-order valence-corrected chi connectivity index (χ4v) is 1.67. The van der Waals surface area contributed by atoms with Crippen molar-refractivity contribution in [3.63, 3.8) is 0 Å². The molecule has 0 spiro atoms. The minimum absolute atomic E-state index is 0.279. The van der Waals surface area contributed by atoms with E-state index < -0.39 is 0 Å². The standard InChI is InChI=1S/C8H15BrN4/c1-3-6(10)4-5-7-8(9)11-12-13(7)2/h6H,3-5,10H2,1-2H3. The average Bonchev–Trinajstić information content (AvgIpc) is 2.43. The van der Waals surface area contributed by atoms with Gasteiger partial charge in [0, 0.05) is 13.1 Å². The van der Waals surface area contributed by atoms with Gasteiger partial charge < -0.3 is 5.73 Å². The Balaban J connectivity index is 2.53. The molecule has 13 heavy (non-hydrogen) atoms. The van der Waals surface area contributed by atoms with Crippen molar-refractivity contribution in [1.29, 1.82) is 0 Å². The minimum atomic E-state index is 0.279. The number of nitrogens with zero attached hydrogens (tertiary/aromatic N) is 3. The lowest BCUT2D eigenvalue weighted by Gasteiger charge is -2.07. The Morgan fingerprint density at radius 2 is 2.31 bits per heavy atom. The first-order valence-corrected chi connectivity index (χ1v) is 5.24. The monoisotopic (exact) mass is 246 g/mol. The van der Waals surface area contributed by atoms with Crippen LogP contribution in [0.5, 0.6) is 0 Å².